The van der Waals surface area contributed by atoms with Crippen LogP contribution in [0.15, 0.2) is 59.5 Å². The minimum absolute atomic E-state index is 0.0716. The Kier molecular flexibility index (Phi) is 6.34. The summed E-state index contributed by atoms with van der Waals surface area (Å²) < 4.78 is 5.13. The van der Waals surface area contributed by atoms with Gasteiger partial charge in [0.05, 0.1) is 12.4 Å². The van der Waals surface area contributed by atoms with Gasteiger partial charge in [0.25, 0.3) is 0 Å². The Morgan fingerprint density at radius 2 is 1.82 bits per heavy atom. The smallest absolute Gasteiger partial charge is 0.233 e. The normalized spacial score (nSPS) is 11.7. The Hall–Kier alpha value is -1.94. The van der Waals surface area contributed by atoms with E-state index in [0.29, 0.717) is 6.54 Å². The molecule has 0 fully saturated rings. The third kappa shape index (κ3) is 5.11. The van der Waals surface area contributed by atoms with E-state index in [2.05, 4.69) is 5.32 Å². The monoisotopic (exact) mass is 315 g/mol. The Labute approximate surface area is 136 Å². The Balaban J connectivity index is 1.74. The molecule has 4 heteroatoms. The maximum Gasteiger partial charge on any atom is 0.233 e. The lowest BCUT2D eigenvalue weighted by Crippen LogP contribution is -2.32. The van der Waals surface area contributed by atoms with E-state index < -0.39 is 0 Å². The van der Waals surface area contributed by atoms with Crippen LogP contribution >= 0.6 is 11.8 Å². The lowest BCUT2D eigenvalue weighted by atomic mass is 10.1. The Bertz CT molecular complexity index is 584. The zero-order chi connectivity index (χ0) is 15.8. The highest BCUT2D eigenvalue weighted by Crippen LogP contribution is 2.22. The van der Waals surface area contributed by atoms with Crippen LogP contribution in [0.2, 0.25) is 0 Å². The third-order valence-electron chi connectivity index (χ3n) is 3.30. The molecule has 2 aromatic carbocycles. The van der Waals surface area contributed by atoms with Crippen LogP contribution in [0.25, 0.3) is 0 Å². The minimum Gasteiger partial charge on any atom is -0.497 e. The van der Waals surface area contributed by atoms with Crippen LogP contribution in [0.5, 0.6) is 5.75 Å². The highest BCUT2D eigenvalue weighted by molar-refractivity contribution is 8.00. The van der Waals surface area contributed by atoms with Gasteiger partial charge in [-0.2, -0.15) is 0 Å². The third-order valence-corrected chi connectivity index (χ3v) is 4.41. The lowest BCUT2D eigenvalue weighted by molar-refractivity contribution is -0.120. The Morgan fingerprint density at radius 3 is 2.45 bits per heavy atom. The van der Waals surface area contributed by atoms with Crippen molar-refractivity contribution >= 4 is 17.7 Å². The lowest BCUT2D eigenvalue weighted by Gasteiger charge is -2.12. The highest BCUT2D eigenvalue weighted by atomic mass is 32.2. The molecule has 0 aliphatic heterocycles. The molecule has 0 saturated heterocycles. The van der Waals surface area contributed by atoms with Gasteiger partial charge in [0.1, 0.15) is 5.75 Å². The summed E-state index contributed by atoms with van der Waals surface area (Å²) in [6.07, 6.45) is 0.818. The molecule has 1 N–H and O–H groups in total. The number of methoxy groups -OCH3 is 1. The van der Waals surface area contributed by atoms with Crippen LogP contribution in [0.4, 0.5) is 0 Å². The van der Waals surface area contributed by atoms with Crippen molar-refractivity contribution in [2.75, 3.05) is 13.7 Å². The molecule has 0 unspecified atom stereocenters. The molecule has 0 aliphatic rings. The van der Waals surface area contributed by atoms with E-state index in [4.69, 9.17) is 4.74 Å². The van der Waals surface area contributed by atoms with E-state index in [9.17, 15) is 4.79 Å². The van der Waals surface area contributed by atoms with Gasteiger partial charge >= 0.3 is 0 Å². The summed E-state index contributed by atoms with van der Waals surface area (Å²) in [5, 5.41) is 2.89. The highest BCUT2D eigenvalue weighted by Gasteiger charge is 2.13. The van der Waals surface area contributed by atoms with Crippen LogP contribution in [0.1, 0.15) is 12.5 Å². The van der Waals surface area contributed by atoms with Crippen molar-refractivity contribution in [3.63, 3.8) is 0 Å². The van der Waals surface area contributed by atoms with Crippen molar-refractivity contribution in [3.8, 4) is 5.75 Å². The standard InChI is InChI=1S/C18H21NO2S/c1-14(22-17-6-4-3-5-7-17)18(20)19-13-12-15-8-10-16(21-2)11-9-15/h3-11,14H,12-13H2,1-2H3,(H,19,20)/t14-/m1/s1. The average Bonchev–Trinajstić information content (AvgIpc) is 2.56. The summed E-state index contributed by atoms with van der Waals surface area (Å²) in [6.45, 7) is 2.57. The topological polar surface area (TPSA) is 38.3 Å². The van der Waals surface area contributed by atoms with Crippen LogP contribution in [0.3, 0.4) is 0 Å². The average molecular weight is 315 g/mol. The van der Waals surface area contributed by atoms with Crippen LogP contribution in [-0.4, -0.2) is 24.8 Å². The fraction of sp³-hybridized carbons (Fsp3) is 0.278. The van der Waals surface area contributed by atoms with E-state index in [1.807, 2.05) is 61.5 Å². The fourth-order valence-electron chi connectivity index (χ4n) is 2.02. The number of nitrogens with one attached hydrogen (secondary N) is 1. The molecule has 1 atom stereocenters. The van der Waals surface area contributed by atoms with Crippen molar-refractivity contribution < 1.29 is 9.53 Å². The molecule has 3 nitrogen and oxygen atoms in total. The number of ether oxygens (including phenoxy) is 1. The number of benzene rings is 2. The van der Waals surface area contributed by atoms with Crippen LogP contribution in [-0.2, 0) is 11.2 Å². The molecule has 0 heterocycles. The van der Waals surface area contributed by atoms with E-state index in [-0.39, 0.29) is 11.2 Å². The number of thioether (sulfide) groups is 1. The van der Waals surface area contributed by atoms with Gasteiger partial charge in [0.15, 0.2) is 0 Å². The van der Waals surface area contributed by atoms with Gasteiger partial charge in [0.2, 0.25) is 5.91 Å². The summed E-state index contributed by atoms with van der Waals surface area (Å²) in [5.41, 5.74) is 1.18. The predicted molar refractivity (Wildman–Crippen MR) is 91.5 cm³/mol. The molecule has 22 heavy (non-hydrogen) atoms. The summed E-state index contributed by atoms with van der Waals surface area (Å²) in [7, 11) is 1.65. The first kappa shape index (κ1) is 16.4. The second-order valence-electron chi connectivity index (χ2n) is 4.96. The molecule has 0 bridgehead atoms. The molecule has 0 radical (unpaired) electrons. The van der Waals surface area contributed by atoms with Gasteiger partial charge in [-0.05, 0) is 43.2 Å². The quantitative estimate of drug-likeness (QED) is 0.794. The molecule has 0 aliphatic carbocycles. The predicted octanol–water partition coefficient (Wildman–Crippen LogP) is 3.53. The van der Waals surface area contributed by atoms with Crippen molar-refractivity contribution in [1.29, 1.82) is 0 Å². The fourth-order valence-corrected chi connectivity index (χ4v) is 2.94. The molecule has 1 amide bonds. The van der Waals surface area contributed by atoms with Gasteiger partial charge in [-0.15, -0.1) is 11.8 Å². The summed E-state index contributed by atoms with van der Waals surface area (Å²) in [5.74, 6) is 0.919. The van der Waals surface area contributed by atoms with Gasteiger partial charge in [0, 0.05) is 11.4 Å². The summed E-state index contributed by atoms with van der Waals surface area (Å²) >= 11 is 1.57. The first-order valence-electron chi connectivity index (χ1n) is 7.31. The maximum absolute atomic E-state index is 12.1. The number of carbonyl (C=O) groups is 1. The first-order valence-corrected chi connectivity index (χ1v) is 8.19. The molecule has 2 rings (SSSR count). The van der Waals surface area contributed by atoms with Gasteiger partial charge in [-0.3, -0.25) is 4.79 Å². The maximum atomic E-state index is 12.1. The van der Waals surface area contributed by atoms with Crippen LogP contribution in [0, 0.1) is 0 Å². The minimum atomic E-state index is -0.0988. The van der Waals surface area contributed by atoms with Gasteiger partial charge < -0.3 is 10.1 Å². The van der Waals surface area contributed by atoms with E-state index in [0.717, 1.165) is 17.1 Å². The van der Waals surface area contributed by atoms with Gasteiger partial charge in [-0.1, -0.05) is 30.3 Å². The Morgan fingerprint density at radius 1 is 1.14 bits per heavy atom. The molecular weight excluding hydrogens is 294 g/mol. The van der Waals surface area contributed by atoms with Crippen LogP contribution < -0.4 is 10.1 Å². The largest absolute Gasteiger partial charge is 0.497 e. The van der Waals surface area contributed by atoms with E-state index >= 15 is 0 Å². The molecule has 0 saturated carbocycles. The van der Waals surface area contributed by atoms with E-state index in [1.165, 1.54) is 5.56 Å². The van der Waals surface area contributed by atoms with Crippen molar-refractivity contribution in [3.05, 3.63) is 60.2 Å². The van der Waals surface area contributed by atoms with Crippen molar-refractivity contribution in [2.24, 2.45) is 0 Å². The molecule has 116 valence electrons. The van der Waals surface area contributed by atoms with Crippen molar-refractivity contribution in [1.82, 2.24) is 5.32 Å². The number of hydrogen-bond acceptors (Lipinski definition) is 3. The summed E-state index contributed by atoms with van der Waals surface area (Å²) in [4.78, 5) is 13.2. The second kappa shape index (κ2) is 8.49. The number of rotatable bonds is 7. The molecular formula is C18H21NO2S. The zero-order valence-corrected chi connectivity index (χ0v) is 13.7. The van der Waals surface area contributed by atoms with E-state index in [1.54, 1.807) is 18.9 Å². The van der Waals surface area contributed by atoms with Gasteiger partial charge in [-0.25, -0.2) is 0 Å². The first-order chi connectivity index (χ1) is 10.7. The number of hydrogen-bond donors (Lipinski definition) is 1. The zero-order valence-electron chi connectivity index (χ0n) is 12.9. The number of amides is 1. The van der Waals surface area contributed by atoms with Crippen molar-refractivity contribution in [2.45, 2.75) is 23.5 Å². The molecule has 0 spiro atoms. The molecule has 2 aromatic rings. The molecule has 0 aromatic heterocycles. The second-order valence-corrected chi connectivity index (χ2v) is 6.38. The SMILES string of the molecule is COc1ccc(CCNC(=O)[C@@H](C)Sc2ccccc2)cc1. The summed E-state index contributed by atoms with van der Waals surface area (Å²) in [6, 6.07) is 17.9. The number of carbonyl (C=O) groups excluding carboxylic acids is 1.